The molecule has 0 N–H and O–H groups in total. The normalized spacial score (nSPS) is 17.7. The fourth-order valence-electron chi connectivity index (χ4n) is 3.48. The van der Waals surface area contributed by atoms with E-state index in [-0.39, 0.29) is 29.6 Å². The molecule has 0 atom stereocenters. The molecule has 0 amide bonds. The maximum atomic E-state index is 12.4. The molecule has 4 nitrogen and oxygen atoms in total. The maximum Gasteiger partial charge on any atom is 0.174 e. The van der Waals surface area contributed by atoms with Crippen LogP contribution in [0.1, 0.15) is 47.9 Å². The lowest BCUT2D eigenvalue weighted by Crippen LogP contribution is -2.25. The second-order valence-corrected chi connectivity index (χ2v) is 5.89. The highest BCUT2D eigenvalue weighted by molar-refractivity contribution is 6.29. The van der Waals surface area contributed by atoms with E-state index in [0.717, 1.165) is 0 Å². The molecule has 0 unspecified atom stereocenters. The van der Waals surface area contributed by atoms with E-state index in [2.05, 4.69) is 0 Å². The van der Waals surface area contributed by atoms with Crippen molar-refractivity contribution in [3.8, 4) is 0 Å². The van der Waals surface area contributed by atoms with Crippen molar-refractivity contribution in [2.24, 2.45) is 11.8 Å². The third kappa shape index (κ3) is 1.84. The summed E-state index contributed by atoms with van der Waals surface area (Å²) in [5.41, 5.74) is 1.55. The van der Waals surface area contributed by atoms with Gasteiger partial charge in [0.15, 0.2) is 23.1 Å². The van der Waals surface area contributed by atoms with Gasteiger partial charge in [-0.1, -0.05) is 48.5 Å². The Labute approximate surface area is 132 Å². The first-order valence-electron chi connectivity index (χ1n) is 7.44. The summed E-state index contributed by atoms with van der Waals surface area (Å²) < 4.78 is 0. The van der Waals surface area contributed by atoms with Gasteiger partial charge in [0.2, 0.25) is 0 Å². The van der Waals surface area contributed by atoms with Crippen molar-refractivity contribution < 1.29 is 19.2 Å². The zero-order valence-electron chi connectivity index (χ0n) is 12.1. The molecule has 0 heterocycles. The second kappa shape index (κ2) is 4.81. The van der Waals surface area contributed by atoms with Crippen molar-refractivity contribution in [3.63, 3.8) is 0 Å². The van der Waals surface area contributed by atoms with E-state index in [1.807, 2.05) is 0 Å². The van der Waals surface area contributed by atoms with Crippen molar-refractivity contribution in [1.82, 2.24) is 0 Å². The number of hydrogen-bond acceptors (Lipinski definition) is 4. The van der Waals surface area contributed by atoms with Gasteiger partial charge in [0, 0.05) is 22.3 Å². The topological polar surface area (TPSA) is 68.3 Å². The lowest BCUT2D eigenvalue weighted by Gasteiger charge is -2.11. The van der Waals surface area contributed by atoms with E-state index in [1.54, 1.807) is 48.5 Å². The largest absolute Gasteiger partial charge is 0.293 e. The van der Waals surface area contributed by atoms with Crippen LogP contribution < -0.4 is 0 Å². The van der Waals surface area contributed by atoms with Crippen LogP contribution in [-0.2, 0) is 0 Å². The van der Waals surface area contributed by atoms with Crippen molar-refractivity contribution in [2.75, 3.05) is 0 Å². The molecular formula is C19H12O4. The fourth-order valence-corrected chi connectivity index (χ4v) is 3.48. The minimum Gasteiger partial charge on any atom is -0.293 e. The van der Waals surface area contributed by atoms with Crippen molar-refractivity contribution in [2.45, 2.75) is 6.42 Å². The van der Waals surface area contributed by atoms with Crippen molar-refractivity contribution >= 4 is 23.1 Å². The summed E-state index contributed by atoms with van der Waals surface area (Å²) in [6, 6.07) is 13.3. The summed E-state index contributed by atoms with van der Waals surface area (Å²) in [5.74, 6) is -3.02. The average molecular weight is 304 g/mol. The van der Waals surface area contributed by atoms with Crippen molar-refractivity contribution in [3.05, 3.63) is 70.8 Å². The first kappa shape index (κ1) is 13.8. The Morgan fingerprint density at radius 1 is 0.522 bits per heavy atom. The zero-order chi connectivity index (χ0) is 16.1. The first-order chi connectivity index (χ1) is 11.1. The third-order valence-electron chi connectivity index (χ3n) is 4.65. The van der Waals surface area contributed by atoms with Gasteiger partial charge in [-0.15, -0.1) is 0 Å². The fraction of sp³-hybridized carbons (Fsp3) is 0.158. The van der Waals surface area contributed by atoms with Crippen LogP contribution in [0.2, 0.25) is 0 Å². The van der Waals surface area contributed by atoms with Gasteiger partial charge in [0.25, 0.3) is 0 Å². The summed E-state index contributed by atoms with van der Waals surface area (Å²) in [6.07, 6.45) is -0.0430. The van der Waals surface area contributed by atoms with E-state index in [1.165, 1.54) is 0 Å². The molecular weight excluding hydrogens is 292 g/mol. The number of rotatable bonds is 2. The molecule has 0 aromatic heterocycles. The Balaban J connectivity index is 1.66. The molecule has 0 saturated heterocycles. The monoisotopic (exact) mass is 304 g/mol. The van der Waals surface area contributed by atoms with Gasteiger partial charge in [-0.2, -0.15) is 0 Å². The van der Waals surface area contributed by atoms with Crippen LogP contribution in [0.3, 0.4) is 0 Å². The quantitative estimate of drug-likeness (QED) is 0.800. The van der Waals surface area contributed by atoms with E-state index in [9.17, 15) is 19.2 Å². The molecule has 0 saturated carbocycles. The predicted molar refractivity (Wildman–Crippen MR) is 81.8 cm³/mol. The molecule has 0 bridgehead atoms. The van der Waals surface area contributed by atoms with Crippen LogP contribution in [0, 0.1) is 11.8 Å². The number of hydrogen-bond donors (Lipinski definition) is 0. The number of benzene rings is 2. The highest BCUT2D eigenvalue weighted by atomic mass is 16.2. The minimum atomic E-state index is -0.931. The second-order valence-electron chi connectivity index (χ2n) is 5.89. The van der Waals surface area contributed by atoms with E-state index >= 15 is 0 Å². The molecule has 2 aliphatic carbocycles. The molecule has 2 aromatic carbocycles. The summed E-state index contributed by atoms with van der Waals surface area (Å²) in [4.78, 5) is 49.8. The van der Waals surface area contributed by atoms with Crippen LogP contribution in [0.5, 0.6) is 0 Å². The Kier molecular flexibility index (Phi) is 2.88. The molecule has 4 rings (SSSR count). The van der Waals surface area contributed by atoms with Gasteiger partial charge >= 0.3 is 0 Å². The summed E-state index contributed by atoms with van der Waals surface area (Å²) in [6.45, 7) is 0. The molecule has 4 heteroatoms. The van der Waals surface area contributed by atoms with Gasteiger partial charge in [-0.3, -0.25) is 19.2 Å². The summed E-state index contributed by atoms with van der Waals surface area (Å²) >= 11 is 0. The smallest absolute Gasteiger partial charge is 0.174 e. The predicted octanol–water partition coefficient (Wildman–Crippen LogP) is 2.77. The molecule has 0 fully saturated rings. The molecule has 2 aromatic rings. The maximum absolute atomic E-state index is 12.4. The van der Waals surface area contributed by atoms with Gasteiger partial charge < -0.3 is 0 Å². The van der Waals surface area contributed by atoms with Crippen LogP contribution in [0.4, 0.5) is 0 Å². The highest BCUT2D eigenvalue weighted by Crippen LogP contribution is 2.36. The van der Waals surface area contributed by atoms with Gasteiger partial charge in [-0.05, 0) is 6.42 Å². The van der Waals surface area contributed by atoms with Gasteiger partial charge in [0.1, 0.15) is 0 Å². The SMILES string of the molecule is O=C1c2ccccc2C(=O)C1CC1C(=O)c2ccccc2C1=O. The van der Waals surface area contributed by atoms with Gasteiger partial charge in [0.05, 0.1) is 11.8 Å². The minimum absolute atomic E-state index is 0.0430. The highest BCUT2D eigenvalue weighted by Gasteiger charge is 2.45. The molecule has 0 radical (unpaired) electrons. The van der Waals surface area contributed by atoms with Crippen LogP contribution >= 0.6 is 0 Å². The third-order valence-corrected chi connectivity index (χ3v) is 4.65. The lowest BCUT2D eigenvalue weighted by atomic mass is 9.88. The van der Waals surface area contributed by atoms with E-state index in [0.29, 0.717) is 22.3 Å². The lowest BCUT2D eigenvalue weighted by molar-refractivity contribution is 0.0763. The van der Waals surface area contributed by atoms with Crippen LogP contribution in [0.15, 0.2) is 48.5 Å². The summed E-state index contributed by atoms with van der Waals surface area (Å²) in [7, 11) is 0. The van der Waals surface area contributed by atoms with Gasteiger partial charge in [-0.25, -0.2) is 0 Å². The number of carbonyl (C=O) groups excluding carboxylic acids is 4. The Morgan fingerprint density at radius 3 is 1.04 bits per heavy atom. The molecule has 0 aliphatic heterocycles. The van der Waals surface area contributed by atoms with Crippen molar-refractivity contribution in [1.29, 1.82) is 0 Å². The molecule has 2 aliphatic rings. The van der Waals surface area contributed by atoms with Crippen LogP contribution in [0.25, 0.3) is 0 Å². The first-order valence-corrected chi connectivity index (χ1v) is 7.44. The number of fused-ring (bicyclic) bond motifs is 2. The van der Waals surface area contributed by atoms with Crippen LogP contribution in [-0.4, -0.2) is 23.1 Å². The molecule has 23 heavy (non-hydrogen) atoms. The Morgan fingerprint density at radius 2 is 0.783 bits per heavy atom. The summed E-state index contributed by atoms with van der Waals surface area (Å²) in [5, 5.41) is 0. The standard InChI is InChI=1S/C19H12O4/c20-16-10-5-1-2-6-11(10)17(21)14(16)9-15-18(22)12-7-3-4-8-13(12)19(15)23/h1-8,14-15H,9H2. The number of ketones is 4. The Hall–Kier alpha value is -2.88. The Bertz CT molecular complexity index is 750. The van der Waals surface area contributed by atoms with E-state index < -0.39 is 11.8 Å². The number of Topliss-reactive ketones (excluding diaryl/α,β-unsaturated/α-hetero) is 4. The number of carbonyl (C=O) groups is 4. The van der Waals surface area contributed by atoms with E-state index in [4.69, 9.17) is 0 Å². The molecule has 112 valence electrons. The average Bonchev–Trinajstić information content (AvgIpc) is 2.97. The molecule has 0 spiro atoms. The zero-order valence-corrected chi connectivity index (χ0v) is 12.1.